The summed E-state index contributed by atoms with van der Waals surface area (Å²) < 4.78 is 16.1. The number of thiazole rings is 1. The summed E-state index contributed by atoms with van der Waals surface area (Å²) >= 11 is 1.63. The van der Waals surface area contributed by atoms with Gasteiger partial charge in [-0.1, -0.05) is 0 Å². The number of morpholine rings is 1. The van der Waals surface area contributed by atoms with Crippen molar-refractivity contribution in [2.45, 2.75) is 19.5 Å². The van der Waals surface area contributed by atoms with Crippen molar-refractivity contribution in [3.05, 3.63) is 11.1 Å². The highest BCUT2D eigenvalue weighted by Crippen LogP contribution is 2.34. The van der Waals surface area contributed by atoms with E-state index >= 15 is 0 Å². The van der Waals surface area contributed by atoms with Crippen LogP contribution in [-0.4, -0.2) is 37.6 Å². The maximum Gasteiger partial charge on any atom is 0.207 e. The Kier molecular flexibility index (Phi) is 2.81. The van der Waals surface area contributed by atoms with Gasteiger partial charge in [-0.15, -0.1) is 11.3 Å². The van der Waals surface area contributed by atoms with Gasteiger partial charge in [-0.2, -0.15) is 0 Å². The van der Waals surface area contributed by atoms with Crippen LogP contribution in [0.1, 0.15) is 18.9 Å². The molecule has 0 atom stereocenters. The highest BCUT2D eigenvalue weighted by molar-refractivity contribution is 7.13. The topological polar surface area (TPSA) is 43.8 Å². The van der Waals surface area contributed by atoms with Crippen LogP contribution in [0.5, 0.6) is 0 Å². The number of rotatable bonds is 2. The normalized spacial score (nSPS) is 30.2. The smallest absolute Gasteiger partial charge is 0.207 e. The van der Waals surface area contributed by atoms with Gasteiger partial charge in [0, 0.05) is 18.5 Å². The molecule has 5 nitrogen and oxygen atoms in total. The first-order chi connectivity index (χ1) is 7.83. The molecule has 2 fully saturated rings. The first-order valence-electron chi connectivity index (χ1n) is 5.42. The number of hydrogen-bond donors (Lipinski definition) is 0. The molecule has 0 amide bonds. The lowest BCUT2D eigenvalue weighted by molar-refractivity contribution is -0.383. The van der Waals surface area contributed by atoms with Crippen LogP contribution in [0.2, 0.25) is 0 Å². The molecule has 0 aliphatic carbocycles. The van der Waals surface area contributed by atoms with E-state index in [2.05, 4.69) is 9.88 Å². The van der Waals surface area contributed by atoms with Crippen LogP contribution in [0.4, 0.5) is 5.13 Å². The lowest BCUT2D eigenvalue weighted by Gasteiger charge is -2.32. The Balaban J connectivity index is 1.67. The largest absolute Gasteiger partial charge is 0.378 e. The Morgan fingerprint density at radius 3 is 2.81 bits per heavy atom. The minimum absolute atomic E-state index is 0.0986. The standard InChI is InChI=1S/C10H14N2O3S/c1-7-14-9(15-7)8-6-16-10(11-8)12-2-4-13-5-3-12/h6-7,9H,2-5H2,1H3. The van der Waals surface area contributed by atoms with Gasteiger partial charge < -0.3 is 19.1 Å². The van der Waals surface area contributed by atoms with Crippen molar-refractivity contribution >= 4 is 16.5 Å². The van der Waals surface area contributed by atoms with Gasteiger partial charge in [0.15, 0.2) is 11.4 Å². The van der Waals surface area contributed by atoms with Crippen molar-refractivity contribution < 1.29 is 14.2 Å². The molecule has 0 spiro atoms. The zero-order valence-corrected chi connectivity index (χ0v) is 9.90. The molecule has 2 saturated heterocycles. The summed E-state index contributed by atoms with van der Waals surface area (Å²) in [6.07, 6.45) is -0.362. The predicted octanol–water partition coefficient (Wildman–Crippen LogP) is 1.37. The van der Waals surface area contributed by atoms with E-state index in [-0.39, 0.29) is 12.6 Å². The maximum absolute atomic E-state index is 5.40. The van der Waals surface area contributed by atoms with E-state index in [9.17, 15) is 0 Å². The second-order valence-electron chi connectivity index (χ2n) is 3.83. The summed E-state index contributed by atoms with van der Waals surface area (Å²) in [6.45, 7) is 5.27. The van der Waals surface area contributed by atoms with Gasteiger partial charge in [0.05, 0.1) is 13.2 Å². The van der Waals surface area contributed by atoms with Crippen LogP contribution in [0.25, 0.3) is 0 Å². The molecule has 0 N–H and O–H groups in total. The van der Waals surface area contributed by atoms with Crippen LogP contribution in [-0.2, 0) is 14.2 Å². The van der Waals surface area contributed by atoms with Crippen molar-refractivity contribution in [2.24, 2.45) is 0 Å². The fourth-order valence-corrected chi connectivity index (χ4v) is 2.66. The molecule has 88 valence electrons. The van der Waals surface area contributed by atoms with Crippen molar-refractivity contribution in [1.82, 2.24) is 4.98 Å². The van der Waals surface area contributed by atoms with E-state index in [4.69, 9.17) is 14.2 Å². The Bertz CT molecular complexity index is 359. The van der Waals surface area contributed by atoms with Crippen LogP contribution in [0.15, 0.2) is 5.38 Å². The molecule has 3 heterocycles. The average molecular weight is 242 g/mol. The van der Waals surface area contributed by atoms with Crippen molar-refractivity contribution in [3.63, 3.8) is 0 Å². The Morgan fingerprint density at radius 2 is 2.12 bits per heavy atom. The summed E-state index contributed by atoms with van der Waals surface area (Å²) in [7, 11) is 0. The van der Waals surface area contributed by atoms with Crippen molar-refractivity contribution in [3.8, 4) is 0 Å². The molecular weight excluding hydrogens is 228 g/mol. The van der Waals surface area contributed by atoms with E-state index in [0.717, 1.165) is 37.1 Å². The molecule has 6 heteroatoms. The lowest BCUT2D eigenvalue weighted by Crippen LogP contribution is -2.36. The first kappa shape index (κ1) is 10.5. The molecule has 2 aliphatic heterocycles. The minimum Gasteiger partial charge on any atom is -0.378 e. The van der Waals surface area contributed by atoms with Crippen LogP contribution in [0, 0.1) is 0 Å². The van der Waals surface area contributed by atoms with Gasteiger partial charge >= 0.3 is 0 Å². The molecule has 16 heavy (non-hydrogen) atoms. The molecule has 1 aromatic heterocycles. The number of aromatic nitrogens is 1. The molecule has 0 aromatic carbocycles. The Hall–Kier alpha value is -0.690. The van der Waals surface area contributed by atoms with E-state index in [1.165, 1.54) is 0 Å². The van der Waals surface area contributed by atoms with Crippen molar-refractivity contribution in [2.75, 3.05) is 31.2 Å². The van der Waals surface area contributed by atoms with E-state index in [1.807, 2.05) is 12.3 Å². The van der Waals surface area contributed by atoms with Gasteiger partial charge in [0.25, 0.3) is 0 Å². The SMILES string of the molecule is CC1OC(c2csc(N3CCOCC3)n2)O1. The highest BCUT2D eigenvalue weighted by Gasteiger charge is 2.31. The Morgan fingerprint density at radius 1 is 1.38 bits per heavy atom. The summed E-state index contributed by atoms with van der Waals surface area (Å²) in [6, 6.07) is 0. The van der Waals surface area contributed by atoms with Gasteiger partial charge in [0.1, 0.15) is 5.69 Å². The van der Waals surface area contributed by atoms with E-state index in [0.29, 0.717) is 0 Å². The van der Waals surface area contributed by atoms with Gasteiger partial charge in [0.2, 0.25) is 6.29 Å². The first-order valence-corrected chi connectivity index (χ1v) is 6.30. The highest BCUT2D eigenvalue weighted by atomic mass is 32.1. The van der Waals surface area contributed by atoms with E-state index < -0.39 is 0 Å². The van der Waals surface area contributed by atoms with Crippen LogP contribution in [0.3, 0.4) is 0 Å². The fourth-order valence-electron chi connectivity index (χ4n) is 1.78. The number of nitrogens with zero attached hydrogens (tertiary/aromatic N) is 2. The molecular formula is C10H14N2O3S. The minimum atomic E-state index is -0.263. The van der Waals surface area contributed by atoms with Crippen LogP contribution < -0.4 is 4.90 Å². The number of hydrogen-bond acceptors (Lipinski definition) is 6. The average Bonchev–Trinajstić information content (AvgIpc) is 2.75. The summed E-state index contributed by atoms with van der Waals surface area (Å²) in [4.78, 5) is 6.77. The third kappa shape index (κ3) is 1.93. The number of anilines is 1. The van der Waals surface area contributed by atoms with Gasteiger partial charge in [-0.25, -0.2) is 4.98 Å². The molecule has 2 aliphatic rings. The summed E-state index contributed by atoms with van der Waals surface area (Å²) in [5.74, 6) is 0. The summed E-state index contributed by atoms with van der Waals surface area (Å²) in [5, 5.41) is 3.03. The second kappa shape index (κ2) is 4.29. The third-order valence-corrected chi connectivity index (χ3v) is 3.58. The molecule has 0 bridgehead atoms. The maximum atomic E-state index is 5.40. The lowest BCUT2D eigenvalue weighted by atomic mass is 10.4. The third-order valence-electron chi connectivity index (χ3n) is 2.66. The summed E-state index contributed by atoms with van der Waals surface area (Å²) in [5.41, 5.74) is 0.879. The molecule has 1 aromatic rings. The van der Waals surface area contributed by atoms with Gasteiger partial charge in [-0.3, -0.25) is 0 Å². The van der Waals surface area contributed by atoms with E-state index in [1.54, 1.807) is 11.3 Å². The van der Waals surface area contributed by atoms with Crippen molar-refractivity contribution in [1.29, 1.82) is 0 Å². The molecule has 0 radical (unpaired) electrons. The molecule has 0 unspecified atom stereocenters. The van der Waals surface area contributed by atoms with Crippen LogP contribution >= 0.6 is 11.3 Å². The monoisotopic (exact) mass is 242 g/mol. The quantitative estimate of drug-likeness (QED) is 0.783. The number of ether oxygens (including phenoxy) is 3. The molecule has 3 rings (SSSR count). The predicted molar refractivity (Wildman–Crippen MR) is 59.5 cm³/mol. The Labute approximate surface area is 97.9 Å². The zero-order valence-electron chi connectivity index (χ0n) is 9.09. The van der Waals surface area contributed by atoms with Gasteiger partial charge in [-0.05, 0) is 6.92 Å². The zero-order chi connectivity index (χ0) is 11.0. The molecule has 0 saturated carbocycles. The second-order valence-corrected chi connectivity index (χ2v) is 4.66. The fraction of sp³-hybridized carbons (Fsp3) is 0.700.